The number of benzene rings is 1. The van der Waals surface area contributed by atoms with Gasteiger partial charge in [-0.2, -0.15) is 0 Å². The van der Waals surface area contributed by atoms with Gasteiger partial charge >= 0.3 is 0 Å². The predicted molar refractivity (Wildman–Crippen MR) is 63.4 cm³/mol. The Balaban J connectivity index is 2.31. The zero-order valence-electron chi connectivity index (χ0n) is 8.01. The Labute approximate surface area is 103 Å². The molecule has 2 aromatic rings. The molecular formula is C10H7BrF2N2S. The highest BCUT2D eigenvalue weighted by Crippen LogP contribution is 2.24. The highest BCUT2D eigenvalue weighted by molar-refractivity contribution is 9.10. The molecule has 2 N–H and O–H groups in total. The van der Waals surface area contributed by atoms with E-state index in [1.54, 1.807) is 6.20 Å². The summed E-state index contributed by atoms with van der Waals surface area (Å²) in [6, 6.07) is 2.30. The van der Waals surface area contributed by atoms with E-state index in [1.807, 2.05) is 0 Å². The van der Waals surface area contributed by atoms with E-state index >= 15 is 0 Å². The molecule has 2 nitrogen and oxygen atoms in total. The Bertz CT molecular complexity index is 528. The van der Waals surface area contributed by atoms with E-state index in [0.717, 1.165) is 10.9 Å². The van der Waals surface area contributed by atoms with Gasteiger partial charge in [-0.1, -0.05) is 0 Å². The Hall–Kier alpha value is -1.01. The fraction of sp³-hybridized carbons (Fsp3) is 0.100. The van der Waals surface area contributed by atoms with Crippen LogP contribution in [0, 0.1) is 11.6 Å². The highest BCUT2D eigenvalue weighted by atomic mass is 79.9. The molecule has 6 heteroatoms. The minimum atomic E-state index is -0.478. The zero-order valence-corrected chi connectivity index (χ0v) is 10.4. The largest absolute Gasteiger partial charge is 0.375 e. The molecule has 0 bridgehead atoms. The van der Waals surface area contributed by atoms with Crippen LogP contribution >= 0.6 is 27.3 Å². The van der Waals surface area contributed by atoms with Crippen molar-refractivity contribution in [3.05, 3.63) is 44.9 Å². The molecule has 0 aliphatic heterocycles. The van der Waals surface area contributed by atoms with Crippen LogP contribution in [0.5, 0.6) is 0 Å². The second-order valence-corrected chi connectivity index (χ2v) is 5.20. The maximum absolute atomic E-state index is 13.5. The lowest BCUT2D eigenvalue weighted by Crippen LogP contribution is -1.93. The first-order valence-corrected chi connectivity index (χ1v) is 6.01. The summed E-state index contributed by atoms with van der Waals surface area (Å²) < 4.78 is 26.8. The third-order valence-corrected chi connectivity index (χ3v) is 3.46. The van der Waals surface area contributed by atoms with Crippen LogP contribution in [0.2, 0.25) is 0 Å². The summed E-state index contributed by atoms with van der Waals surface area (Å²) in [6.07, 6.45) is 1.87. The van der Waals surface area contributed by atoms with Gasteiger partial charge < -0.3 is 5.73 Å². The maximum Gasteiger partial charge on any atom is 0.180 e. The monoisotopic (exact) mass is 304 g/mol. The molecule has 1 heterocycles. The second-order valence-electron chi connectivity index (χ2n) is 3.20. The lowest BCUT2D eigenvalue weighted by molar-refractivity contribution is 0.584. The van der Waals surface area contributed by atoms with Crippen molar-refractivity contribution in [1.82, 2.24) is 4.98 Å². The van der Waals surface area contributed by atoms with Crippen molar-refractivity contribution in [3.8, 4) is 0 Å². The van der Waals surface area contributed by atoms with Crippen molar-refractivity contribution in [2.45, 2.75) is 6.42 Å². The van der Waals surface area contributed by atoms with Crippen molar-refractivity contribution in [2.75, 3.05) is 5.73 Å². The molecule has 0 unspecified atom stereocenters. The normalized spacial score (nSPS) is 10.7. The van der Waals surface area contributed by atoms with Crippen LogP contribution in [0.25, 0.3) is 0 Å². The number of anilines is 1. The average Bonchev–Trinajstić information content (AvgIpc) is 2.60. The molecule has 0 atom stereocenters. The fourth-order valence-electron chi connectivity index (χ4n) is 1.29. The number of hydrogen-bond acceptors (Lipinski definition) is 3. The molecule has 1 aromatic heterocycles. The summed E-state index contributed by atoms with van der Waals surface area (Å²) in [4.78, 5) is 4.66. The van der Waals surface area contributed by atoms with Crippen molar-refractivity contribution in [1.29, 1.82) is 0 Å². The first kappa shape index (κ1) is 11.5. The Kier molecular flexibility index (Phi) is 3.20. The van der Waals surface area contributed by atoms with E-state index < -0.39 is 11.6 Å². The molecule has 84 valence electrons. The number of halogens is 3. The lowest BCUT2D eigenvalue weighted by atomic mass is 10.1. The van der Waals surface area contributed by atoms with Gasteiger partial charge in [0.15, 0.2) is 5.13 Å². The fourth-order valence-corrected chi connectivity index (χ4v) is 2.31. The highest BCUT2D eigenvalue weighted by Gasteiger charge is 2.10. The molecule has 0 aliphatic rings. The summed E-state index contributed by atoms with van der Waals surface area (Å²) in [7, 11) is 0. The van der Waals surface area contributed by atoms with Gasteiger partial charge in [0.1, 0.15) is 11.6 Å². The number of rotatable bonds is 2. The maximum atomic E-state index is 13.5. The summed E-state index contributed by atoms with van der Waals surface area (Å²) in [5.41, 5.74) is 5.75. The number of nitrogen functional groups attached to an aromatic ring is 1. The molecule has 1 aromatic carbocycles. The van der Waals surface area contributed by atoms with Gasteiger partial charge in [0.25, 0.3) is 0 Å². The van der Waals surface area contributed by atoms with Gasteiger partial charge in [0.2, 0.25) is 0 Å². The van der Waals surface area contributed by atoms with E-state index in [1.165, 1.54) is 17.4 Å². The lowest BCUT2D eigenvalue weighted by Gasteiger charge is -2.02. The molecule has 0 saturated carbocycles. The van der Waals surface area contributed by atoms with E-state index in [9.17, 15) is 8.78 Å². The number of thiazole rings is 1. The van der Waals surface area contributed by atoms with E-state index in [-0.39, 0.29) is 4.47 Å². The second kappa shape index (κ2) is 4.47. The number of nitrogens with zero attached hydrogens (tertiary/aromatic N) is 1. The standard InChI is InChI=1S/C10H7BrF2N2S/c11-7-3-8(12)5(2-9(7)13)1-6-4-15-10(14)16-6/h2-4H,1H2,(H2,14,15). The topological polar surface area (TPSA) is 38.9 Å². The number of aromatic nitrogens is 1. The Morgan fingerprint density at radius 3 is 2.69 bits per heavy atom. The van der Waals surface area contributed by atoms with Crippen LogP contribution in [0.1, 0.15) is 10.4 Å². The molecule has 0 amide bonds. The first-order chi connectivity index (χ1) is 7.56. The third kappa shape index (κ3) is 2.38. The van der Waals surface area contributed by atoms with E-state index in [0.29, 0.717) is 17.1 Å². The smallest absolute Gasteiger partial charge is 0.180 e. The molecule has 0 radical (unpaired) electrons. The quantitative estimate of drug-likeness (QED) is 0.864. The van der Waals surface area contributed by atoms with Crippen LogP contribution in [0.3, 0.4) is 0 Å². The minimum Gasteiger partial charge on any atom is -0.375 e. The zero-order chi connectivity index (χ0) is 11.7. The Morgan fingerprint density at radius 2 is 2.06 bits per heavy atom. The van der Waals surface area contributed by atoms with Gasteiger partial charge in [0.05, 0.1) is 4.47 Å². The molecule has 0 saturated heterocycles. The van der Waals surface area contributed by atoms with E-state index in [4.69, 9.17) is 5.73 Å². The summed E-state index contributed by atoms with van der Waals surface area (Å²) >= 11 is 4.19. The van der Waals surface area contributed by atoms with Crippen LogP contribution in [-0.4, -0.2) is 4.98 Å². The summed E-state index contributed by atoms with van der Waals surface area (Å²) in [5, 5.41) is 0.424. The van der Waals surface area contributed by atoms with Gasteiger partial charge in [-0.15, -0.1) is 11.3 Å². The summed E-state index contributed by atoms with van der Waals surface area (Å²) in [5.74, 6) is -0.922. The van der Waals surface area contributed by atoms with Crippen molar-refractivity contribution in [3.63, 3.8) is 0 Å². The van der Waals surface area contributed by atoms with Crippen LogP contribution in [0.4, 0.5) is 13.9 Å². The molecule has 0 spiro atoms. The minimum absolute atomic E-state index is 0.123. The van der Waals surface area contributed by atoms with Crippen LogP contribution < -0.4 is 5.73 Å². The molecule has 0 aliphatic carbocycles. The Morgan fingerprint density at radius 1 is 1.31 bits per heavy atom. The number of nitrogens with two attached hydrogens (primary N) is 1. The van der Waals surface area contributed by atoms with Crippen LogP contribution in [0.15, 0.2) is 22.8 Å². The van der Waals surface area contributed by atoms with Gasteiger partial charge in [-0.05, 0) is 33.6 Å². The van der Waals surface area contributed by atoms with Crippen molar-refractivity contribution < 1.29 is 8.78 Å². The van der Waals surface area contributed by atoms with Crippen molar-refractivity contribution >= 4 is 32.4 Å². The number of hydrogen-bond donors (Lipinski definition) is 1. The summed E-state index contributed by atoms with van der Waals surface area (Å²) in [6.45, 7) is 0. The van der Waals surface area contributed by atoms with E-state index in [2.05, 4.69) is 20.9 Å². The molecule has 2 rings (SSSR count). The molecule has 16 heavy (non-hydrogen) atoms. The van der Waals surface area contributed by atoms with Gasteiger partial charge in [-0.3, -0.25) is 0 Å². The SMILES string of the molecule is Nc1ncc(Cc2cc(F)c(Br)cc2F)s1. The first-order valence-electron chi connectivity index (χ1n) is 4.40. The van der Waals surface area contributed by atoms with Gasteiger partial charge in [-0.25, -0.2) is 13.8 Å². The van der Waals surface area contributed by atoms with Crippen LogP contribution in [-0.2, 0) is 6.42 Å². The van der Waals surface area contributed by atoms with Gasteiger partial charge in [0, 0.05) is 17.5 Å². The third-order valence-electron chi connectivity index (χ3n) is 2.03. The molecular weight excluding hydrogens is 298 g/mol. The predicted octanol–water partition coefficient (Wildman–Crippen LogP) is 3.36. The average molecular weight is 305 g/mol. The van der Waals surface area contributed by atoms with Crippen molar-refractivity contribution in [2.24, 2.45) is 0 Å². The molecule has 0 fully saturated rings.